The van der Waals surface area contributed by atoms with E-state index in [-0.39, 0.29) is 23.3 Å². The molecule has 2 fully saturated rings. The summed E-state index contributed by atoms with van der Waals surface area (Å²) in [5.74, 6) is -0.262. The second-order valence-electron chi connectivity index (χ2n) is 9.32. The molecule has 0 N–H and O–H groups in total. The number of rotatable bonds is 4. The topological polar surface area (TPSA) is 73.8 Å². The van der Waals surface area contributed by atoms with Crippen LogP contribution in [0.4, 0.5) is 5.13 Å². The molecule has 0 radical (unpaired) electrons. The minimum absolute atomic E-state index is 0.0522. The highest BCUT2D eigenvalue weighted by atomic mass is 35.5. The van der Waals surface area contributed by atoms with Gasteiger partial charge in [-0.15, -0.1) is 0 Å². The number of halogens is 1. The molecule has 3 heterocycles. The summed E-state index contributed by atoms with van der Waals surface area (Å²) in [5.41, 5.74) is 3.52. The van der Waals surface area contributed by atoms with E-state index in [4.69, 9.17) is 16.6 Å². The predicted octanol–water partition coefficient (Wildman–Crippen LogP) is 4.32. The third-order valence-electron chi connectivity index (χ3n) is 7.12. The number of amides is 1. The Labute approximate surface area is 215 Å². The minimum Gasteiger partial charge on any atom is -0.345 e. The number of benzene rings is 2. The summed E-state index contributed by atoms with van der Waals surface area (Å²) in [7, 11) is -3.65. The van der Waals surface area contributed by atoms with E-state index in [2.05, 4.69) is 30.9 Å². The number of aryl methyl sites for hydroxylation is 2. The van der Waals surface area contributed by atoms with Gasteiger partial charge in [0.05, 0.1) is 21.0 Å². The number of carbonyl (C=O) groups is 1. The van der Waals surface area contributed by atoms with Crippen molar-refractivity contribution in [2.24, 2.45) is 5.92 Å². The first kappa shape index (κ1) is 24.5. The molecule has 3 aromatic rings. The molecule has 2 aromatic carbocycles. The van der Waals surface area contributed by atoms with Crippen LogP contribution >= 0.6 is 22.9 Å². The summed E-state index contributed by atoms with van der Waals surface area (Å²) in [6, 6.07) is 10.5. The van der Waals surface area contributed by atoms with Gasteiger partial charge in [-0.2, -0.15) is 4.31 Å². The molecule has 1 amide bonds. The molecule has 0 spiro atoms. The van der Waals surface area contributed by atoms with E-state index >= 15 is 0 Å². The summed E-state index contributed by atoms with van der Waals surface area (Å²) in [6.07, 6.45) is 1.38. The third-order valence-corrected chi connectivity index (χ3v) is 10.3. The van der Waals surface area contributed by atoms with Gasteiger partial charge in [-0.05, 0) is 68.1 Å². The van der Waals surface area contributed by atoms with Crippen LogP contribution in [0.5, 0.6) is 0 Å². The van der Waals surface area contributed by atoms with E-state index < -0.39 is 10.0 Å². The molecule has 2 saturated heterocycles. The quantitative estimate of drug-likeness (QED) is 0.500. The lowest BCUT2D eigenvalue weighted by molar-refractivity contribution is -0.137. The summed E-state index contributed by atoms with van der Waals surface area (Å²) in [5, 5.41) is 1.49. The minimum atomic E-state index is -3.65. The number of piperidine rings is 1. The standard InChI is InChI=1S/C25H29ClN4O3S2/c1-17-5-10-22-23(18(17)2)27-25(34-22)29-14-12-28(13-15-29)24(31)19-4-3-11-30(16-19)35(32,33)21-8-6-20(26)7-9-21/h5-10,19H,3-4,11-16H2,1-2H3. The normalized spacial score (nSPS) is 19.9. The fourth-order valence-corrected chi connectivity index (χ4v) is 7.57. The van der Waals surface area contributed by atoms with Crippen molar-refractivity contribution in [1.82, 2.24) is 14.2 Å². The maximum Gasteiger partial charge on any atom is 0.243 e. The Bertz CT molecular complexity index is 1350. The number of aromatic nitrogens is 1. The molecule has 1 unspecified atom stereocenters. The van der Waals surface area contributed by atoms with Crippen LogP contribution in [0.3, 0.4) is 0 Å². The Balaban J connectivity index is 1.23. The lowest BCUT2D eigenvalue weighted by Gasteiger charge is -2.38. The number of anilines is 1. The number of thiazole rings is 1. The van der Waals surface area contributed by atoms with Crippen LogP contribution in [0.25, 0.3) is 10.2 Å². The van der Waals surface area contributed by atoms with Gasteiger partial charge in [0.25, 0.3) is 0 Å². The first-order valence-electron chi connectivity index (χ1n) is 11.9. The van der Waals surface area contributed by atoms with E-state index in [1.807, 2.05) is 4.90 Å². The van der Waals surface area contributed by atoms with E-state index in [1.165, 1.54) is 32.3 Å². The van der Waals surface area contributed by atoms with Crippen molar-refractivity contribution in [3.05, 3.63) is 52.5 Å². The van der Waals surface area contributed by atoms with Crippen LogP contribution < -0.4 is 4.90 Å². The molecule has 7 nitrogen and oxygen atoms in total. The molecule has 2 aliphatic heterocycles. The van der Waals surface area contributed by atoms with E-state index in [0.29, 0.717) is 37.5 Å². The molecular weight excluding hydrogens is 504 g/mol. The van der Waals surface area contributed by atoms with E-state index in [0.717, 1.165) is 23.7 Å². The fraction of sp³-hybridized carbons (Fsp3) is 0.440. The van der Waals surface area contributed by atoms with Crippen LogP contribution in [0, 0.1) is 19.8 Å². The molecule has 0 aliphatic carbocycles. The average Bonchev–Trinajstić information content (AvgIpc) is 3.31. The molecule has 5 rings (SSSR count). The zero-order chi connectivity index (χ0) is 24.7. The third kappa shape index (κ3) is 4.79. The van der Waals surface area contributed by atoms with Crippen molar-refractivity contribution in [3.63, 3.8) is 0 Å². The van der Waals surface area contributed by atoms with E-state index in [9.17, 15) is 13.2 Å². The lowest BCUT2D eigenvalue weighted by Crippen LogP contribution is -2.53. The van der Waals surface area contributed by atoms with Crippen LogP contribution in [0.15, 0.2) is 41.3 Å². The van der Waals surface area contributed by atoms with Gasteiger partial charge < -0.3 is 9.80 Å². The average molecular weight is 533 g/mol. The molecule has 0 bridgehead atoms. The monoisotopic (exact) mass is 532 g/mol. The Morgan fingerprint density at radius 2 is 1.74 bits per heavy atom. The lowest BCUT2D eigenvalue weighted by atomic mass is 9.98. The van der Waals surface area contributed by atoms with Crippen molar-refractivity contribution in [2.75, 3.05) is 44.2 Å². The van der Waals surface area contributed by atoms with Crippen LogP contribution in [0.1, 0.15) is 24.0 Å². The van der Waals surface area contributed by atoms with Crippen LogP contribution in [-0.2, 0) is 14.8 Å². The van der Waals surface area contributed by atoms with Crippen LogP contribution in [0.2, 0.25) is 5.02 Å². The largest absolute Gasteiger partial charge is 0.345 e. The highest BCUT2D eigenvalue weighted by Gasteiger charge is 2.36. The Hall–Kier alpha value is -2.20. The zero-order valence-electron chi connectivity index (χ0n) is 19.9. The number of carbonyl (C=O) groups excluding carboxylic acids is 1. The van der Waals surface area contributed by atoms with Crippen molar-refractivity contribution < 1.29 is 13.2 Å². The van der Waals surface area contributed by atoms with Gasteiger partial charge in [-0.1, -0.05) is 29.0 Å². The molecular formula is C25H29ClN4O3S2. The number of sulfonamides is 1. The van der Waals surface area contributed by atoms with Gasteiger partial charge in [-0.25, -0.2) is 13.4 Å². The first-order chi connectivity index (χ1) is 16.7. The van der Waals surface area contributed by atoms with E-state index in [1.54, 1.807) is 23.5 Å². The first-order valence-corrected chi connectivity index (χ1v) is 14.5. The molecule has 1 atom stereocenters. The molecule has 10 heteroatoms. The molecule has 186 valence electrons. The summed E-state index contributed by atoms with van der Waals surface area (Å²) >= 11 is 7.61. The second-order valence-corrected chi connectivity index (χ2v) is 12.7. The SMILES string of the molecule is Cc1ccc2sc(N3CCN(C(=O)C4CCCN(S(=O)(=O)c5ccc(Cl)cc5)C4)CC3)nc2c1C. The van der Waals surface area contributed by atoms with Gasteiger partial charge in [0.2, 0.25) is 15.9 Å². The molecule has 2 aliphatic rings. The van der Waals surface area contributed by atoms with Gasteiger partial charge in [-0.3, -0.25) is 4.79 Å². The number of fused-ring (bicyclic) bond motifs is 1. The number of hydrogen-bond donors (Lipinski definition) is 0. The zero-order valence-corrected chi connectivity index (χ0v) is 22.3. The van der Waals surface area contributed by atoms with Crippen molar-refractivity contribution in [1.29, 1.82) is 0 Å². The highest BCUT2D eigenvalue weighted by molar-refractivity contribution is 7.89. The predicted molar refractivity (Wildman–Crippen MR) is 141 cm³/mol. The highest BCUT2D eigenvalue weighted by Crippen LogP contribution is 2.33. The maximum absolute atomic E-state index is 13.3. The molecule has 1 aromatic heterocycles. The Kier molecular flexibility index (Phi) is 6.78. The summed E-state index contributed by atoms with van der Waals surface area (Å²) in [4.78, 5) is 22.6. The maximum atomic E-state index is 13.3. The summed E-state index contributed by atoms with van der Waals surface area (Å²) in [6.45, 7) is 7.55. The Morgan fingerprint density at radius 1 is 1.03 bits per heavy atom. The van der Waals surface area contributed by atoms with Gasteiger partial charge in [0.1, 0.15) is 0 Å². The van der Waals surface area contributed by atoms with Gasteiger partial charge in [0, 0.05) is 44.3 Å². The summed E-state index contributed by atoms with van der Waals surface area (Å²) < 4.78 is 28.8. The second kappa shape index (κ2) is 9.69. The van der Waals surface area contributed by atoms with Gasteiger partial charge >= 0.3 is 0 Å². The molecule has 35 heavy (non-hydrogen) atoms. The van der Waals surface area contributed by atoms with Crippen molar-refractivity contribution >= 4 is 54.2 Å². The van der Waals surface area contributed by atoms with Gasteiger partial charge in [0.15, 0.2) is 5.13 Å². The number of nitrogens with zero attached hydrogens (tertiary/aromatic N) is 4. The van der Waals surface area contributed by atoms with Crippen molar-refractivity contribution in [3.8, 4) is 0 Å². The molecule has 0 saturated carbocycles. The number of piperazine rings is 1. The smallest absolute Gasteiger partial charge is 0.243 e. The van der Waals surface area contributed by atoms with Crippen molar-refractivity contribution in [2.45, 2.75) is 31.6 Å². The Morgan fingerprint density at radius 3 is 2.46 bits per heavy atom. The number of hydrogen-bond acceptors (Lipinski definition) is 6. The fourth-order valence-electron chi connectivity index (χ4n) is 4.84. The van der Waals surface area contributed by atoms with Crippen LogP contribution in [-0.4, -0.2) is 67.8 Å².